The van der Waals surface area contributed by atoms with Crippen LogP contribution in [0.3, 0.4) is 0 Å². The van der Waals surface area contributed by atoms with Crippen molar-refractivity contribution >= 4 is 11.5 Å². The maximum absolute atomic E-state index is 12.0. The molecule has 1 saturated heterocycles. The molecule has 2 rings (SSSR count). The number of hydrogen-bond acceptors (Lipinski definition) is 5. The summed E-state index contributed by atoms with van der Waals surface area (Å²) < 4.78 is 0. The first-order valence-corrected chi connectivity index (χ1v) is 6.09. The van der Waals surface area contributed by atoms with Gasteiger partial charge in [0.1, 0.15) is 0 Å². The van der Waals surface area contributed by atoms with Crippen molar-refractivity contribution in [2.75, 3.05) is 26.2 Å². The van der Waals surface area contributed by atoms with E-state index in [0.29, 0.717) is 0 Å². The van der Waals surface area contributed by atoms with Gasteiger partial charge in [0.2, 0.25) is 0 Å². The second kappa shape index (κ2) is 6.10. The molecule has 6 heteroatoms. The number of nitro groups is 1. The lowest BCUT2D eigenvalue weighted by Gasteiger charge is -2.25. The molecule has 6 nitrogen and oxygen atoms in total. The van der Waals surface area contributed by atoms with Crippen LogP contribution in [0.15, 0.2) is 36.5 Å². The Balaban J connectivity index is 2.11. The molecule has 1 fully saturated rings. The first-order chi connectivity index (χ1) is 9.18. The van der Waals surface area contributed by atoms with Crippen molar-refractivity contribution in [3.63, 3.8) is 0 Å². The van der Waals surface area contributed by atoms with Crippen LogP contribution in [0.25, 0.3) is 0 Å². The summed E-state index contributed by atoms with van der Waals surface area (Å²) in [6.45, 7) is 3.43. The molecule has 1 heterocycles. The van der Waals surface area contributed by atoms with Gasteiger partial charge in [0.15, 0.2) is 5.78 Å². The second-order valence-corrected chi connectivity index (χ2v) is 4.24. The van der Waals surface area contributed by atoms with Gasteiger partial charge in [0.25, 0.3) is 5.69 Å². The Morgan fingerprint density at radius 3 is 2.68 bits per heavy atom. The monoisotopic (exact) mass is 261 g/mol. The third-order valence-corrected chi connectivity index (χ3v) is 2.95. The summed E-state index contributed by atoms with van der Waals surface area (Å²) >= 11 is 0. The Bertz CT molecular complexity index is 508. The average Bonchev–Trinajstić information content (AvgIpc) is 2.46. The van der Waals surface area contributed by atoms with Crippen molar-refractivity contribution in [2.45, 2.75) is 0 Å². The van der Waals surface area contributed by atoms with Crippen molar-refractivity contribution in [2.24, 2.45) is 0 Å². The molecule has 1 N–H and O–H groups in total. The van der Waals surface area contributed by atoms with E-state index >= 15 is 0 Å². The number of ketones is 1. The number of piperazine rings is 1. The number of nitrogens with zero attached hydrogens (tertiary/aromatic N) is 2. The molecule has 0 aliphatic carbocycles. The highest BCUT2D eigenvalue weighted by molar-refractivity contribution is 6.07. The average molecular weight is 261 g/mol. The molecular weight excluding hydrogens is 246 g/mol. The summed E-state index contributed by atoms with van der Waals surface area (Å²) in [7, 11) is 0. The van der Waals surface area contributed by atoms with E-state index in [-0.39, 0.29) is 17.0 Å². The third kappa shape index (κ3) is 3.38. The minimum Gasteiger partial charge on any atom is -0.375 e. The zero-order chi connectivity index (χ0) is 13.7. The summed E-state index contributed by atoms with van der Waals surface area (Å²) in [4.78, 5) is 24.3. The van der Waals surface area contributed by atoms with Crippen molar-refractivity contribution in [3.05, 3.63) is 52.2 Å². The standard InChI is InChI=1S/C13H15N3O3/c17-13(5-8-15-9-6-14-7-10-15)11-3-1-2-4-12(11)16(18)19/h1-5,8,14H,6-7,9-10H2. The molecule has 1 aromatic carbocycles. The number of nitro benzene ring substituents is 1. The highest BCUT2D eigenvalue weighted by atomic mass is 16.6. The van der Waals surface area contributed by atoms with Gasteiger partial charge in [0, 0.05) is 44.5 Å². The van der Waals surface area contributed by atoms with Gasteiger partial charge in [-0.2, -0.15) is 0 Å². The quantitative estimate of drug-likeness (QED) is 0.381. The number of benzene rings is 1. The van der Waals surface area contributed by atoms with Crippen LogP contribution in [-0.4, -0.2) is 41.8 Å². The lowest BCUT2D eigenvalue weighted by molar-refractivity contribution is -0.385. The molecule has 0 unspecified atom stereocenters. The molecular formula is C13H15N3O3. The molecule has 0 bridgehead atoms. The molecule has 19 heavy (non-hydrogen) atoms. The van der Waals surface area contributed by atoms with E-state index in [1.165, 1.54) is 18.2 Å². The Kier molecular flexibility index (Phi) is 4.25. The van der Waals surface area contributed by atoms with Gasteiger partial charge in [-0.15, -0.1) is 0 Å². The minimum absolute atomic E-state index is 0.124. The Morgan fingerprint density at radius 1 is 1.32 bits per heavy atom. The van der Waals surface area contributed by atoms with E-state index in [4.69, 9.17) is 0 Å². The molecule has 100 valence electrons. The molecule has 0 spiro atoms. The summed E-state index contributed by atoms with van der Waals surface area (Å²) in [5.41, 5.74) is -0.0312. The Hall–Kier alpha value is -2.21. The number of nitrogens with one attached hydrogen (secondary N) is 1. The van der Waals surface area contributed by atoms with E-state index in [2.05, 4.69) is 5.32 Å². The summed E-state index contributed by atoms with van der Waals surface area (Å²) in [5.74, 6) is -0.342. The number of carbonyl (C=O) groups is 1. The SMILES string of the molecule is O=C(C=CN1CCNCC1)c1ccccc1[N+](=O)[O-]. The largest absolute Gasteiger partial charge is 0.375 e. The van der Waals surface area contributed by atoms with E-state index in [0.717, 1.165) is 26.2 Å². The third-order valence-electron chi connectivity index (χ3n) is 2.95. The van der Waals surface area contributed by atoms with E-state index in [1.807, 2.05) is 4.90 Å². The fraction of sp³-hybridized carbons (Fsp3) is 0.308. The minimum atomic E-state index is -0.536. The molecule has 0 atom stereocenters. The van der Waals surface area contributed by atoms with Gasteiger partial charge in [0.05, 0.1) is 10.5 Å². The van der Waals surface area contributed by atoms with E-state index < -0.39 is 4.92 Å². The Labute approximate surface area is 110 Å². The number of rotatable bonds is 4. The van der Waals surface area contributed by atoms with Gasteiger partial charge in [-0.3, -0.25) is 14.9 Å². The fourth-order valence-corrected chi connectivity index (χ4v) is 1.94. The number of para-hydroxylation sites is 1. The van der Waals surface area contributed by atoms with Crippen LogP contribution in [0.5, 0.6) is 0 Å². The molecule has 0 aromatic heterocycles. The van der Waals surface area contributed by atoms with Crippen LogP contribution in [0.2, 0.25) is 0 Å². The van der Waals surface area contributed by atoms with Crippen molar-refractivity contribution in [1.82, 2.24) is 10.2 Å². The molecule has 0 amide bonds. The molecule has 1 aromatic rings. The van der Waals surface area contributed by atoms with E-state index in [1.54, 1.807) is 18.3 Å². The zero-order valence-electron chi connectivity index (χ0n) is 10.4. The predicted molar refractivity (Wildman–Crippen MR) is 71.0 cm³/mol. The van der Waals surface area contributed by atoms with Gasteiger partial charge in [-0.05, 0) is 6.07 Å². The summed E-state index contributed by atoms with van der Waals surface area (Å²) in [6.07, 6.45) is 3.10. The lowest BCUT2D eigenvalue weighted by Crippen LogP contribution is -2.40. The highest BCUT2D eigenvalue weighted by Gasteiger charge is 2.17. The van der Waals surface area contributed by atoms with Gasteiger partial charge in [-0.25, -0.2) is 0 Å². The van der Waals surface area contributed by atoms with Crippen LogP contribution in [0.4, 0.5) is 5.69 Å². The smallest absolute Gasteiger partial charge is 0.280 e. The second-order valence-electron chi connectivity index (χ2n) is 4.24. The maximum Gasteiger partial charge on any atom is 0.280 e. The zero-order valence-corrected chi connectivity index (χ0v) is 10.4. The van der Waals surface area contributed by atoms with Gasteiger partial charge in [-0.1, -0.05) is 12.1 Å². The lowest BCUT2D eigenvalue weighted by atomic mass is 10.1. The van der Waals surface area contributed by atoms with Crippen LogP contribution in [0, 0.1) is 10.1 Å². The Morgan fingerprint density at radius 2 is 2.00 bits per heavy atom. The fourth-order valence-electron chi connectivity index (χ4n) is 1.94. The van der Waals surface area contributed by atoms with Crippen LogP contribution in [0.1, 0.15) is 10.4 Å². The van der Waals surface area contributed by atoms with Gasteiger partial charge < -0.3 is 10.2 Å². The summed E-state index contributed by atoms with van der Waals surface area (Å²) in [5, 5.41) is 14.1. The highest BCUT2D eigenvalue weighted by Crippen LogP contribution is 2.18. The molecule has 1 aliphatic rings. The molecule has 1 aliphatic heterocycles. The first kappa shape index (κ1) is 13.2. The maximum atomic E-state index is 12.0. The van der Waals surface area contributed by atoms with Crippen LogP contribution >= 0.6 is 0 Å². The number of allylic oxidation sites excluding steroid dienone is 1. The predicted octanol–water partition coefficient (Wildman–Crippen LogP) is 1.20. The van der Waals surface area contributed by atoms with Gasteiger partial charge >= 0.3 is 0 Å². The van der Waals surface area contributed by atoms with Crippen molar-refractivity contribution in [3.8, 4) is 0 Å². The number of hydrogen-bond donors (Lipinski definition) is 1. The van der Waals surface area contributed by atoms with Crippen LogP contribution < -0.4 is 5.32 Å². The summed E-state index contributed by atoms with van der Waals surface area (Å²) in [6, 6.07) is 5.99. The topological polar surface area (TPSA) is 75.5 Å². The normalized spacial score (nSPS) is 15.7. The van der Waals surface area contributed by atoms with Crippen molar-refractivity contribution in [1.29, 1.82) is 0 Å². The molecule has 0 radical (unpaired) electrons. The number of carbonyl (C=O) groups excluding carboxylic acids is 1. The van der Waals surface area contributed by atoms with Crippen LogP contribution in [-0.2, 0) is 0 Å². The van der Waals surface area contributed by atoms with E-state index in [9.17, 15) is 14.9 Å². The van der Waals surface area contributed by atoms with Crippen molar-refractivity contribution < 1.29 is 9.72 Å². The molecule has 0 saturated carbocycles. The first-order valence-electron chi connectivity index (χ1n) is 6.09.